The highest BCUT2D eigenvalue weighted by atomic mass is 16.5. The van der Waals surface area contributed by atoms with E-state index in [1.807, 2.05) is 55.6 Å². The van der Waals surface area contributed by atoms with E-state index in [4.69, 9.17) is 9.15 Å². The summed E-state index contributed by atoms with van der Waals surface area (Å²) < 4.78 is 10.8. The van der Waals surface area contributed by atoms with Crippen molar-refractivity contribution in [3.05, 3.63) is 81.8 Å². The Morgan fingerprint density at radius 3 is 2.80 bits per heavy atom. The zero-order valence-corrected chi connectivity index (χ0v) is 14.1. The zero-order valence-electron chi connectivity index (χ0n) is 14.1. The lowest BCUT2D eigenvalue weighted by Crippen LogP contribution is -2.06. The van der Waals surface area contributed by atoms with Gasteiger partial charge in [-0.25, -0.2) is 4.79 Å². The highest BCUT2D eigenvalue weighted by Crippen LogP contribution is 2.26. The van der Waals surface area contributed by atoms with Crippen molar-refractivity contribution in [3.63, 3.8) is 0 Å². The molecule has 2 heterocycles. The van der Waals surface area contributed by atoms with Crippen molar-refractivity contribution in [1.82, 2.24) is 4.98 Å². The fourth-order valence-corrected chi connectivity index (χ4v) is 3.18. The van der Waals surface area contributed by atoms with E-state index in [1.165, 1.54) is 0 Å². The van der Waals surface area contributed by atoms with E-state index in [1.54, 1.807) is 13.2 Å². The van der Waals surface area contributed by atoms with Crippen LogP contribution in [0.25, 0.3) is 21.9 Å². The Balaban J connectivity index is 1.89. The summed E-state index contributed by atoms with van der Waals surface area (Å²) in [6.07, 6.45) is 2.53. The molecule has 25 heavy (non-hydrogen) atoms. The minimum atomic E-state index is -0.341. The molecule has 0 aliphatic heterocycles. The molecule has 0 bridgehead atoms. The smallest absolute Gasteiger partial charge is 0.346 e. The van der Waals surface area contributed by atoms with Crippen molar-refractivity contribution in [2.24, 2.45) is 0 Å². The van der Waals surface area contributed by atoms with Gasteiger partial charge in [-0.15, -0.1) is 0 Å². The second kappa shape index (κ2) is 6.06. The molecule has 4 aromatic rings. The van der Waals surface area contributed by atoms with Crippen LogP contribution in [0, 0.1) is 6.92 Å². The first kappa shape index (κ1) is 15.4. The van der Waals surface area contributed by atoms with Crippen molar-refractivity contribution in [1.29, 1.82) is 0 Å². The van der Waals surface area contributed by atoms with Crippen molar-refractivity contribution in [2.75, 3.05) is 7.11 Å². The highest BCUT2D eigenvalue weighted by molar-refractivity contribution is 6.02. The normalized spacial score (nSPS) is 11.1. The maximum Gasteiger partial charge on any atom is 0.346 e. The molecule has 4 heteroatoms. The van der Waals surface area contributed by atoms with Crippen LogP contribution >= 0.6 is 0 Å². The number of hydrogen-bond donors (Lipinski definition) is 0. The molecule has 4 nitrogen and oxygen atoms in total. The molecule has 0 spiro atoms. The van der Waals surface area contributed by atoms with Gasteiger partial charge < -0.3 is 9.15 Å². The van der Waals surface area contributed by atoms with Crippen molar-refractivity contribution in [3.8, 4) is 5.75 Å². The van der Waals surface area contributed by atoms with Crippen LogP contribution in [0.4, 0.5) is 0 Å². The molecule has 0 N–H and O–H groups in total. The van der Waals surface area contributed by atoms with Crippen molar-refractivity contribution < 1.29 is 9.15 Å². The Hall–Kier alpha value is -3.14. The topological polar surface area (TPSA) is 52.3 Å². The van der Waals surface area contributed by atoms with Crippen LogP contribution in [0.2, 0.25) is 0 Å². The van der Waals surface area contributed by atoms with Gasteiger partial charge in [-0.3, -0.25) is 4.98 Å². The molecular formula is C21H17NO3. The average Bonchev–Trinajstić information content (AvgIpc) is 2.64. The van der Waals surface area contributed by atoms with Gasteiger partial charge in [0.25, 0.3) is 0 Å². The fraction of sp³-hybridized carbons (Fsp3) is 0.143. The number of nitrogens with zero attached hydrogens (tertiary/aromatic N) is 1. The average molecular weight is 331 g/mol. The van der Waals surface area contributed by atoms with E-state index < -0.39 is 0 Å². The predicted molar refractivity (Wildman–Crippen MR) is 98.3 cm³/mol. The van der Waals surface area contributed by atoms with E-state index in [0.29, 0.717) is 22.9 Å². The van der Waals surface area contributed by atoms with Gasteiger partial charge in [-0.1, -0.05) is 24.3 Å². The lowest BCUT2D eigenvalue weighted by atomic mass is 9.99. The van der Waals surface area contributed by atoms with Gasteiger partial charge in [0.05, 0.1) is 18.0 Å². The lowest BCUT2D eigenvalue weighted by Gasteiger charge is -2.10. The van der Waals surface area contributed by atoms with Crippen molar-refractivity contribution >= 4 is 21.9 Å². The summed E-state index contributed by atoms with van der Waals surface area (Å²) in [5.74, 6) is 0.814. The Morgan fingerprint density at radius 1 is 1.12 bits per heavy atom. The maximum atomic E-state index is 12.5. The van der Waals surface area contributed by atoms with Crippen LogP contribution in [0.3, 0.4) is 0 Å². The third kappa shape index (κ3) is 2.66. The summed E-state index contributed by atoms with van der Waals surface area (Å²) in [6.45, 7) is 1.95. The van der Waals surface area contributed by atoms with Crippen LogP contribution in [0.1, 0.15) is 16.7 Å². The van der Waals surface area contributed by atoms with Crippen molar-refractivity contribution in [2.45, 2.75) is 13.3 Å². The number of rotatable bonds is 3. The van der Waals surface area contributed by atoms with Gasteiger partial charge in [0, 0.05) is 11.6 Å². The largest absolute Gasteiger partial charge is 0.497 e. The molecule has 4 rings (SSSR count). The fourth-order valence-electron chi connectivity index (χ4n) is 3.18. The molecule has 0 radical (unpaired) electrons. The molecule has 0 aliphatic carbocycles. The Kier molecular flexibility index (Phi) is 3.73. The summed E-state index contributed by atoms with van der Waals surface area (Å²) in [6, 6.07) is 15.4. The number of para-hydroxylation sites is 1. The number of benzene rings is 2. The molecule has 0 aliphatic rings. The quantitative estimate of drug-likeness (QED) is 0.416. The number of fused-ring (bicyclic) bond motifs is 3. The Labute approximate surface area is 144 Å². The van der Waals surface area contributed by atoms with Crippen LogP contribution in [0.5, 0.6) is 5.75 Å². The minimum absolute atomic E-state index is 0.341. The summed E-state index contributed by atoms with van der Waals surface area (Å²) >= 11 is 0. The number of aryl methyl sites for hydroxylation is 1. The van der Waals surface area contributed by atoms with E-state index in [9.17, 15) is 4.79 Å². The van der Waals surface area contributed by atoms with Gasteiger partial charge in [0.2, 0.25) is 0 Å². The van der Waals surface area contributed by atoms with Crippen LogP contribution in [0.15, 0.2) is 63.9 Å². The number of methoxy groups -OCH3 is 1. The molecule has 0 unspecified atom stereocenters. The first-order chi connectivity index (χ1) is 12.2. The number of aromatic nitrogens is 1. The van der Waals surface area contributed by atoms with Crippen LogP contribution in [-0.4, -0.2) is 12.1 Å². The van der Waals surface area contributed by atoms with E-state index in [0.717, 1.165) is 27.8 Å². The number of pyridine rings is 1. The van der Waals surface area contributed by atoms with Crippen LogP contribution in [-0.2, 0) is 6.42 Å². The minimum Gasteiger partial charge on any atom is -0.497 e. The third-order valence-corrected chi connectivity index (χ3v) is 4.52. The molecule has 0 saturated carbocycles. The summed E-state index contributed by atoms with van der Waals surface area (Å²) in [5.41, 5.74) is 3.93. The molecule has 2 aromatic heterocycles. The Bertz CT molecular complexity index is 1140. The Morgan fingerprint density at radius 2 is 1.96 bits per heavy atom. The molecule has 2 aromatic carbocycles. The van der Waals surface area contributed by atoms with Gasteiger partial charge in [-0.05, 0) is 54.3 Å². The highest BCUT2D eigenvalue weighted by Gasteiger charge is 2.14. The van der Waals surface area contributed by atoms with Gasteiger partial charge >= 0.3 is 5.63 Å². The molecule has 0 amide bonds. The van der Waals surface area contributed by atoms with Gasteiger partial charge in [0.1, 0.15) is 11.3 Å². The van der Waals surface area contributed by atoms with Crippen LogP contribution < -0.4 is 10.4 Å². The lowest BCUT2D eigenvalue weighted by molar-refractivity contribution is 0.414. The second-order valence-corrected chi connectivity index (χ2v) is 6.05. The monoisotopic (exact) mass is 331 g/mol. The number of hydrogen-bond acceptors (Lipinski definition) is 4. The predicted octanol–water partition coefficient (Wildman–Crippen LogP) is 4.25. The summed E-state index contributed by atoms with van der Waals surface area (Å²) in [7, 11) is 1.65. The van der Waals surface area contributed by atoms with Gasteiger partial charge in [-0.2, -0.15) is 0 Å². The molecular weight excluding hydrogens is 314 g/mol. The summed E-state index contributed by atoms with van der Waals surface area (Å²) in [4.78, 5) is 17.1. The first-order valence-corrected chi connectivity index (χ1v) is 8.10. The third-order valence-electron chi connectivity index (χ3n) is 4.52. The molecule has 0 fully saturated rings. The van der Waals surface area contributed by atoms with E-state index in [2.05, 4.69) is 4.98 Å². The van der Waals surface area contributed by atoms with Gasteiger partial charge in [0.15, 0.2) is 0 Å². The first-order valence-electron chi connectivity index (χ1n) is 8.10. The zero-order chi connectivity index (χ0) is 17.4. The van der Waals surface area contributed by atoms with E-state index in [-0.39, 0.29) is 5.63 Å². The second-order valence-electron chi connectivity index (χ2n) is 6.05. The molecule has 0 atom stereocenters. The van der Waals surface area contributed by atoms with E-state index >= 15 is 0 Å². The summed E-state index contributed by atoms with van der Waals surface area (Å²) in [5, 5.41) is 1.41. The standard InChI is InChI=1S/C21H17NO3/c1-13-15(10-14-6-5-7-16(11-14)24-2)12-22-20-17-8-3-4-9-18(17)25-21(23)19(13)20/h3-9,11-12H,10H2,1-2H3. The SMILES string of the molecule is COc1cccc(Cc2cnc3c(c2C)c(=O)oc2ccccc23)c1. The maximum absolute atomic E-state index is 12.5. The molecule has 124 valence electrons. The number of ether oxygens (including phenoxy) is 1. The molecule has 0 saturated heterocycles.